The van der Waals surface area contributed by atoms with Crippen molar-refractivity contribution in [2.24, 2.45) is 10.7 Å². The standard InChI is InChI=1S/C20H24N2S/c1-20(13-14-23-19(21)22-20)18-12-6-11-17(15-18)10-5-9-16-7-3-2-4-8-16/h2-4,6-8,11-12,15H,5,9-10,13-14H2,1H3,(H2,21,22). The maximum Gasteiger partial charge on any atom is 0.154 e. The molecule has 0 saturated heterocycles. The fourth-order valence-corrected chi connectivity index (χ4v) is 4.07. The highest BCUT2D eigenvalue weighted by molar-refractivity contribution is 8.13. The summed E-state index contributed by atoms with van der Waals surface area (Å²) in [4.78, 5) is 4.71. The van der Waals surface area contributed by atoms with E-state index in [1.807, 2.05) is 0 Å². The highest BCUT2D eigenvalue weighted by atomic mass is 32.2. The number of nitrogens with zero attached hydrogens (tertiary/aromatic N) is 1. The summed E-state index contributed by atoms with van der Waals surface area (Å²) < 4.78 is 0. The van der Waals surface area contributed by atoms with Crippen molar-refractivity contribution in [3.8, 4) is 0 Å². The first kappa shape index (κ1) is 16.1. The minimum Gasteiger partial charge on any atom is -0.379 e. The third-order valence-corrected chi connectivity index (χ3v) is 5.31. The highest BCUT2D eigenvalue weighted by Gasteiger charge is 2.29. The monoisotopic (exact) mass is 324 g/mol. The molecule has 3 heteroatoms. The molecule has 23 heavy (non-hydrogen) atoms. The molecule has 3 rings (SSSR count). The predicted octanol–water partition coefficient (Wildman–Crippen LogP) is 4.53. The van der Waals surface area contributed by atoms with Crippen molar-refractivity contribution in [1.29, 1.82) is 0 Å². The summed E-state index contributed by atoms with van der Waals surface area (Å²) >= 11 is 1.66. The lowest BCUT2D eigenvalue weighted by molar-refractivity contribution is 0.481. The van der Waals surface area contributed by atoms with Crippen molar-refractivity contribution in [1.82, 2.24) is 0 Å². The first-order chi connectivity index (χ1) is 11.2. The van der Waals surface area contributed by atoms with Crippen LogP contribution in [0.5, 0.6) is 0 Å². The van der Waals surface area contributed by atoms with Crippen LogP contribution < -0.4 is 5.73 Å². The Kier molecular flexibility index (Phi) is 5.06. The van der Waals surface area contributed by atoms with Crippen LogP contribution in [0.15, 0.2) is 59.6 Å². The molecule has 1 aliphatic rings. The van der Waals surface area contributed by atoms with Crippen molar-refractivity contribution >= 4 is 16.9 Å². The molecule has 0 spiro atoms. The van der Waals surface area contributed by atoms with E-state index in [0.717, 1.165) is 25.0 Å². The Morgan fingerprint density at radius 2 is 1.78 bits per heavy atom. The molecule has 0 bridgehead atoms. The van der Waals surface area contributed by atoms with Gasteiger partial charge < -0.3 is 5.73 Å². The number of nitrogens with two attached hydrogens (primary N) is 1. The first-order valence-corrected chi connectivity index (χ1v) is 9.26. The zero-order valence-corrected chi connectivity index (χ0v) is 14.5. The van der Waals surface area contributed by atoms with Gasteiger partial charge in [-0.25, -0.2) is 0 Å². The smallest absolute Gasteiger partial charge is 0.154 e. The molecule has 2 N–H and O–H groups in total. The van der Waals surface area contributed by atoms with E-state index in [4.69, 9.17) is 10.7 Å². The van der Waals surface area contributed by atoms with Crippen LogP contribution in [0.25, 0.3) is 0 Å². The van der Waals surface area contributed by atoms with Crippen molar-refractivity contribution in [3.63, 3.8) is 0 Å². The van der Waals surface area contributed by atoms with Crippen molar-refractivity contribution in [2.75, 3.05) is 5.75 Å². The lowest BCUT2D eigenvalue weighted by Crippen LogP contribution is -2.28. The van der Waals surface area contributed by atoms with Crippen LogP contribution in [0.3, 0.4) is 0 Å². The molecule has 0 saturated carbocycles. The Bertz CT molecular complexity index is 681. The van der Waals surface area contributed by atoms with Gasteiger partial charge in [0.1, 0.15) is 0 Å². The number of amidine groups is 1. The maximum absolute atomic E-state index is 5.94. The quantitative estimate of drug-likeness (QED) is 0.877. The molecule has 1 unspecified atom stereocenters. The summed E-state index contributed by atoms with van der Waals surface area (Å²) in [6.07, 6.45) is 4.45. The second-order valence-corrected chi connectivity index (χ2v) is 7.48. The van der Waals surface area contributed by atoms with Gasteiger partial charge in [0.25, 0.3) is 0 Å². The van der Waals surface area contributed by atoms with E-state index < -0.39 is 0 Å². The summed E-state index contributed by atoms with van der Waals surface area (Å²) in [5.74, 6) is 1.05. The van der Waals surface area contributed by atoms with Gasteiger partial charge in [0.05, 0.1) is 5.54 Å². The van der Waals surface area contributed by atoms with E-state index >= 15 is 0 Å². The zero-order valence-electron chi connectivity index (χ0n) is 13.7. The van der Waals surface area contributed by atoms with Gasteiger partial charge in [0.2, 0.25) is 0 Å². The molecule has 1 heterocycles. The van der Waals surface area contributed by atoms with Gasteiger partial charge in [-0.05, 0) is 49.3 Å². The number of benzene rings is 2. The Labute approximate surface area is 143 Å². The summed E-state index contributed by atoms with van der Waals surface area (Å²) in [5.41, 5.74) is 9.88. The second-order valence-electron chi connectivity index (χ2n) is 6.36. The average molecular weight is 324 g/mol. The van der Waals surface area contributed by atoms with Crippen LogP contribution in [0.1, 0.15) is 36.5 Å². The van der Waals surface area contributed by atoms with Gasteiger partial charge in [0.15, 0.2) is 5.17 Å². The van der Waals surface area contributed by atoms with E-state index in [1.165, 1.54) is 23.1 Å². The van der Waals surface area contributed by atoms with E-state index in [2.05, 4.69) is 61.5 Å². The molecule has 1 aliphatic heterocycles. The Morgan fingerprint density at radius 1 is 1.04 bits per heavy atom. The van der Waals surface area contributed by atoms with Crippen LogP contribution in [0, 0.1) is 0 Å². The number of rotatable bonds is 5. The lowest BCUT2D eigenvalue weighted by Gasteiger charge is -2.30. The molecule has 0 aliphatic carbocycles. The highest BCUT2D eigenvalue weighted by Crippen LogP contribution is 2.35. The van der Waals surface area contributed by atoms with Gasteiger partial charge in [-0.15, -0.1) is 0 Å². The first-order valence-electron chi connectivity index (χ1n) is 8.27. The van der Waals surface area contributed by atoms with Gasteiger partial charge >= 0.3 is 0 Å². The maximum atomic E-state index is 5.94. The van der Waals surface area contributed by atoms with Crippen LogP contribution in [-0.4, -0.2) is 10.9 Å². The number of hydrogen-bond donors (Lipinski definition) is 1. The van der Waals surface area contributed by atoms with Crippen molar-refractivity contribution < 1.29 is 0 Å². The Balaban J connectivity index is 1.67. The van der Waals surface area contributed by atoms with Crippen molar-refractivity contribution in [3.05, 3.63) is 71.3 Å². The van der Waals surface area contributed by atoms with Crippen LogP contribution in [0.2, 0.25) is 0 Å². The number of thioether (sulfide) groups is 1. The summed E-state index contributed by atoms with van der Waals surface area (Å²) in [5, 5.41) is 0.716. The lowest BCUT2D eigenvalue weighted by atomic mass is 9.88. The van der Waals surface area contributed by atoms with Gasteiger partial charge in [-0.2, -0.15) is 0 Å². The molecule has 2 aromatic rings. The molecule has 120 valence electrons. The van der Waals surface area contributed by atoms with Crippen LogP contribution >= 0.6 is 11.8 Å². The van der Waals surface area contributed by atoms with Gasteiger partial charge in [-0.3, -0.25) is 4.99 Å². The van der Waals surface area contributed by atoms with Crippen LogP contribution in [-0.2, 0) is 18.4 Å². The molecule has 0 amide bonds. The van der Waals surface area contributed by atoms with Crippen molar-refractivity contribution in [2.45, 2.75) is 38.1 Å². The summed E-state index contributed by atoms with van der Waals surface area (Å²) in [6, 6.07) is 19.6. The normalized spacial score (nSPS) is 21.0. The fraction of sp³-hybridized carbons (Fsp3) is 0.350. The van der Waals surface area contributed by atoms with E-state index in [9.17, 15) is 0 Å². The Morgan fingerprint density at radius 3 is 2.57 bits per heavy atom. The molecule has 2 aromatic carbocycles. The third-order valence-electron chi connectivity index (χ3n) is 4.52. The van der Waals surface area contributed by atoms with Crippen LogP contribution in [0.4, 0.5) is 0 Å². The third kappa shape index (κ3) is 4.17. The SMILES string of the molecule is CC1(c2cccc(CCCc3ccccc3)c2)CCSC(N)=N1. The number of aryl methyl sites for hydroxylation is 2. The summed E-state index contributed by atoms with van der Waals surface area (Å²) in [7, 11) is 0. The van der Waals surface area contributed by atoms with Gasteiger partial charge in [0, 0.05) is 5.75 Å². The fourth-order valence-electron chi connectivity index (χ4n) is 3.10. The topological polar surface area (TPSA) is 38.4 Å². The molecule has 0 fully saturated rings. The number of hydrogen-bond acceptors (Lipinski definition) is 3. The van der Waals surface area contributed by atoms with E-state index in [0.29, 0.717) is 5.17 Å². The average Bonchev–Trinajstić information content (AvgIpc) is 2.56. The molecule has 1 atom stereocenters. The second kappa shape index (κ2) is 7.22. The van der Waals surface area contributed by atoms with E-state index in [1.54, 1.807) is 11.8 Å². The minimum absolute atomic E-state index is 0.162. The zero-order chi connectivity index (χ0) is 16.1. The Hall–Kier alpha value is -1.74. The molecule has 0 aromatic heterocycles. The molecular formula is C20H24N2S. The van der Waals surface area contributed by atoms with Gasteiger partial charge in [-0.1, -0.05) is 66.4 Å². The molecule has 2 nitrogen and oxygen atoms in total. The largest absolute Gasteiger partial charge is 0.379 e. The molecule has 0 radical (unpaired) electrons. The summed E-state index contributed by atoms with van der Waals surface area (Å²) in [6.45, 7) is 2.20. The van der Waals surface area contributed by atoms with E-state index in [-0.39, 0.29) is 5.54 Å². The molecular weight excluding hydrogens is 300 g/mol. The minimum atomic E-state index is -0.162. The number of aliphatic imine (C=N–C) groups is 1. The predicted molar refractivity (Wildman–Crippen MR) is 101 cm³/mol.